The number of nitro groups is 1. The molecular formula is C14H15N3O7. The summed E-state index contributed by atoms with van der Waals surface area (Å²) < 4.78 is 6.24. The number of hydrogen-bond acceptors (Lipinski definition) is 6. The zero-order chi connectivity index (χ0) is 17.9. The first-order valence-electron chi connectivity index (χ1n) is 7.09. The molecule has 10 heteroatoms. The second-order valence-corrected chi connectivity index (χ2v) is 5.16. The molecule has 1 amide bonds. The van der Waals surface area contributed by atoms with Crippen LogP contribution >= 0.6 is 0 Å². The van der Waals surface area contributed by atoms with E-state index in [-0.39, 0.29) is 30.7 Å². The predicted octanol–water partition coefficient (Wildman–Crippen LogP) is 0.872. The van der Waals surface area contributed by atoms with Crippen molar-refractivity contribution in [3.63, 3.8) is 0 Å². The molecule has 1 atom stereocenters. The fraction of sp³-hybridized carbons (Fsp3) is 0.357. The van der Waals surface area contributed by atoms with Crippen LogP contribution in [0, 0.1) is 10.1 Å². The number of nitrogens with zero attached hydrogens (tertiary/aromatic N) is 2. The molecule has 0 aliphatic rings. The van der Waals surface area contributed by atoms with Crippen LogP contribution in [0.2, 0.25) is 0 Å². The number of carbonyl (C=O) groups is 2. The number of nitro benzene ring substituents is 1. The molecule has 0 spiro atoms. The molecule has 0 aliphatic heterocycles. The number of carboxylic acid groups (broad SMARTS) is 1. The Morgan fingerprint density at radius 1 is 1.46 bits per heavy atom. The van der Waals surface area contributed by atoms with E-state index in [1.807, 2.05) is 0 Å². The molecule has 1 heterocycles. The van der Waals surface area contributed by atoms with Gasteiger partial charge in [0, 0.05) is 19.0 Å². The van der Waals surface area contributed by atoms with Crippen molar-refractivity contribution in [2.45, 2.75) is 32.4 Å². The zero-order valence-electron chi connectivity index (χ0n) is 12.7. The number of hydrogen-bond donors (Lipinski definition) is 2. The van der Waals surface area contributed by atoms with Crippen molar-refractivity contribution in [1.82, 2.24) is 9.88 Å². The Bertz CT molecular complexity index is 852. The van der Waals surface area contributed by atoms with Gasteiger partial charge in [-0.1, -0.05) is 0 Å². The van der Waals surface area contributed by atoms with Crippen molar-refractivity contribution < 1.29 is 24.0 Å². The third-order valence-corrected chi connectivity index (χ3v) is 3.40. The molecular weight excluding hydrogens is 322 g/mol. The minimum Gasteiger partial charge on any atom is -0.480 e. The molecule has 0 unspecified atom stereocenters. The fourth-order valence-electron chi connectivity index (χ4n) is 2.15. The monoisotopic (exact) mass is 337 g/mol. The third kappa shape index (κ3) is 3.77. The summed E-state index contributed by atoms with van der Waals surface area (Å²) in [5, 5.41) is 21.7. The molecule has 0 fully saturated rings. The lowest BCUT2D eigenvalue weighted by Gasteiger charge is -2.09. The van der Waals surface area contributed by atoms with E-state index in [1.54, 1.807) is 0 Å². The van der Waals surface area contributed by atoms with Gasteiger partial charge in [-0.05, 0) is 19.4 Å². The van der Waals surface area contributed by atoms with Crippen LogP contribution in [-0.4, -0.2) is 32.5 Å². The molecule has 1 aromatic heterocycles. The fourth-order valence-corrected chi connectivity index (χ4v) is 2.15. The van der Waals surface area contributed by atoms with Crippen molar-refractivity contribution in [3.05, 3.63) is 38.9 Å². The quantitative estimate of drug-likeness (QED) is 0.563. The van der Waals surface area contributed by atoms with E-state index >= 15 is 0 Å². The first-order valence-corrected chi connectivity index (χ1v) is 7.09. The maximum Gasteiger partial charge on any atom is 0.419 e. The number of rotatable bonds is 7. The molecule has 0 saturated heterocycles. The molecule has 24 heavy (non-hydrogen) atoms. The molecule has 2 N–H and O–H groups in total. The number of aromatic nitrogens is 1. The standard InChI is InChI=1S/C14H15N3O7/c1-8(13(19)20)15-12(18)3-2-6-16-10-5-4-9(17(22)23)7-11(10)24-14(16)21/h4-5,7-8H,2-3,6H2,1H3,(H,15,18)(H,19,20)/t8-/m1/s1. The maximum absolute atomic E-state index is 11.8. The van der Waals surface area contributed by atoms with Crippen molar-refractivity contribution in [2.24, 2.45) is 0 Å². The Labute approximate surface area is 134 Å². The Morgan fingerprint density at radius 2 is 2.17 bits per heavy atom. The zero-order valence-corrected chi connectivity index (χ0v) is 12.7. The molecule has 2 rings (SSSR count). The predicted molar refractivity (Wildman–Crippen MR) is 81.6 cm³/mol. The van der Waals surface area contributed by atoms with E-state index in [0.717, 1.165) is 6.07 Å². The SMILES string of the molecule is C[C@@H](NC(=O)CCCn1c(=O)oc2cc([N+](=O)[O-])ccc21)C(=O)O. The average Bonchev–Trinajstić information content (AvgIpc) is 2.82. The van der Waals surface area contributed by atoms with E-state index in [0.29, 0.717) is 5.52 Å². The third-order valence-electron chi connectivity index (χ3n) is 3.40. The molecule has 0 radical (unpaired) electrons. The molecule has 10 nitrogen and oxygen atoms in total. The highest BCUT2D eigenvalue weighted by atomic mass is 16.6. The summed E-state index contributed by atoms with van der Waals surface area (Å²) in [6.07, 6.45) is 0.313. The summed E-state index contributed by atoms with van der Waals surface area (Å²) >= 11 is 0. The summed E-state index contributed by atoms with van der Waals surface area (Å²) in [6, 6.07) is 2.84. The van der Waals surface area contributed by atoms with E-state index in [2.05, 4.69) is 5.32 Å². The number of aryl methyl sites for hydroxylation is 1. The van der Waals surface area contributed by atoms with Gasteiger partial charge in [-0.15, -0.1) is 0 Å². The lowest BCUT2D eigenvalue weighted by molar-refractivity contribution is -0.384. The summed E-state index contributed by atoms with van der Waals surface area (Å²) in [4.78, 5) is 44.2. The van der Waals surface area contributed by atoms with E-state index < -0.39 is 28.6 Å². The van der Waals surface area contributed by atoms with Gasteiger partial charge in [-0.3, -0.25) is 24.3 Å². The highest BCUT2D eigenvalue weighted by Gasteiger charge is 2.16. The highest BCUT2D eigenvalue weighted by molar-refractivity contribution is 5.83. The molecule has 0 saturated carbocycles. The molecule has 128 valence electrons. The van der Waals surface area contributed by atoms with Crippen LogP contribution in [-0.2, 0) is 16.1 Å². The molecule has 1 aromatic carbocycles. The summed E-state index contributed by atoms with van der Waals surface area (Å²) in [5.41, 5.74) is 0.300. The van der Waals surface area contributed by atoms with Gasteiger partial charge in [0.25, 0.3) is 5.69 Å². The van der Waals surface area contributed by atoms with Crippen LogP contribution in [0.3, 0.4) is 0 Å². The van der Waals surface area contributed by atoms with Crippen LogP contribution in [0.25, 0.3) is 11.1 Å². The number of carboxylic acids is 1. The lowest BCUT2D eigenvalue weighted by atomic mass is 10.2. The molecule has 2 aromatic rings. The number of amides is 1. The average molecular weight is 337 g/mol. The first kappa shape index (κ1) is 17.2. The second kappa shape index (κ2) is 6.94. The smallest absolute Gasteiger partial charge is 0.419 e. The molecule has 0 bridgehead atoms. The summed E-state index contributed by atoms with van der Waals surface area (Å²) in [6.45, 7) is 1.51. The van der Waals surface area contributed by atoms with Crippen molar-refractivity contribution >= 4 is 28.7 Å². The number of carbonyl (C=O) groups excluding carboxylic acids is 1. The summed E-state index contributed by atoms with van der Waals surface area (Å²) in [5.74, 6) is -2.26. The van der Waals surface area contributed by atoms with Gasteiger partial charge >= 0.3 is 11.7 Å². The van der Waals surface area contributed by atoms with Gasteiger partial charge in [0.15, 0.2) is 5.58 Å². The Morgan fingerprint density at radius 3 is 2.79 bits per heavy atom. The van der Waals surface area contributed by atoms with Gasteiger partial charge in [-0.25, -0.2) is 4.79 Å². The van der Waals surface area contributed by atoms with Crippen LogP contribution in [0.5, 0.6) is 0 Å². The lowest BCUT2D eigenvalue weighted by Crippen LogP contribution is -2.38. The topological polar surface area (TPSA) is 145 Å². The van der Waals surface area contributed by atoms with E-state index in [9.17, 15) is 24.5 Å². The number of benzene rings is 1. The number of fused-ring (bicyclic) bond motifs is 1. The first-order chi connectivity index (χ1) is 11.3. The van der Waals surface area contributed by atoms with Crippen molar-refractivity contribution in [1.29, 1.82) is 0 Å². The van der Waals surface area contributed by atoms with Crippen LogP contribution in [0.1, 0.15) is 19.8 Å². The number of aliphatic carboxylic acids is 1. The van der Waals surface area contributed by atoms with E-state index in [4.69, 9.17) is 9.52 Å². The van der Waals surface area contributed by atoms with Gasteiger partial charge < -0.3 is 14.8 Å². The van der Waals surface area contributed by atoms with Crippen LogP contribution in [0.15, 0.2) is 27.4 Å². The van der Waals surface area contributed by atoms with E-state index in [1.165, 1.54) is 23.6 Å². The number of non-ortho nitro benzene ring substituents is 1. The Kier molecular flexibility index (Phi) is 4.97. The largest absolute Gasteiger partial charge is 0.480 e. The maximum atomic E-state index is 11.8. The second-order valence-electron chi connectivity index (χ2n) is 5.16. The minimum absolute atomic E-state index is 0.0315. The van der Waals surface area contributed by atoms with Gasteiger partial charge in [0.05, 0.1) is 16.5 Å². The summed E-state index contributed by atoms with van der Waals surface area (Å²) in [7, 11) is 0. The molecule has 0 aliphatic carbocycles. The van der Waals surface area contributed by atoms with Gasteiger partial charge in [-0.2, -0.15) is 0 Å². The Hall–Kier alpha value is -3.17. The van der Waals surface area contributed by atoms with Crippen molar-refractivity contribution in [3.8, 4) is 0 Å². The van der Waals surface area contributed by atoms with Crippen LogP contribution in [0.4, 0.5) is 5.69 Å². The highest BCUT2D eigenvalue weighted by Crippen LogP contribution is 2.20. The Balaban J connectivity index is 2.04. The van der Waals surface area contributed by atoms with Gasteiger partial charge in [0.2, 0.25) is 5.91 Å². The number of oxazole rings is 1. The minimum atomic E-state index is -1.14. The van der Waals surface area contributed by atoms with Crippen LogP contribution < -0.4 is 11.1 Å². The van der Waals surface area contributed by atoms with Crippen molar-refractivity contribution in [2.75, 3.05) is 0 Å². The van der Waals surface area contributed by atoms with Gasteiger partial charge in [0.1, 0.15) is 6.04 Å². The normalized spacial score (nSPS) is 12.0. The number of nitrogens with one attached hydrogen (secondary N) is 1.